The van der Waals surface area contributed by atoms with E-state index in [1.54, 1.807) is 0 Å². The van der Waals surface area contributed by atoms with E-state index in [9.17, 15) is 18.0 Å². The van der Waals surface area contributed by atoms with Crippen LogP contribution in [0.1, 0.15) is 21.6 Å². The Balaban J connectivity index is 2.28. The van der Waals surface area contributed by atoms with Crippen molar-refractivity contribution in [3.8, 4) is 0 Å². The maximum atomic E-state index is 12.3. The molecule has 1 heterocycles. The summed E-state index contributed by atoms with van der Waals surface area (Å²) in [6.45, 7) is 0. The normalized spacial score (nSPS) is 11.3. The van der Waals surface area contributed by atoms with Gasteiger partial charge in [-0.3, -0.25) is 4.79 Å². The molecule has 1 aromatic carbocycles. The van der Waals surface area contributed by atoms with Gasteiger partial charge < -0.3 is 0 Å². The Labute approximate surface area is 100 Å². The molecule has 0 fully saturated rings. The molecule has 0 aliphatic carbocycles. The molecule has 0 radical (unpaired) electrons. The van der Waals surface area contributed by atoms with Gasteiger partial charge in [0.1, 0.15) is 12.0 Å². The molecule has 1 aromatic heterocycles. The molecule has 0 spiro atoms. The topological polar surface area (TPSA) is 42.9 Å². The lowest BCUT2D eigenvalue weighted by atomic mass is 10.1. The maximum absolute atomic E-state index is 12.3. The summed E-state index contributed by atoms with van der Waals surface area (Å²) >= 11 is 0. The van der Waals surface area contributed by atoms with Crippen LogP contribution in [0.3, 0.4) is 0 Å². The molecule has 0 bridgehead atoms. The number of hydrogen-bond acceptors (Lipinski definition) is 3. The van der Waals surface area contributed by atoms with E-state index in [2.05, 4.69) is 9.97 Å². The molecule has 6 heteroatoms. The Hall–Kier alpha value is -2.24. The average molecular weight is 252 g/mol. The molecule has 0 aliphatic rings. The number of ketones is 1. The lowest BCUT2D eigenvalue weighted by molar-refractivity contribution is -0.137. The molecular formula is C12H7F3N2O. The van der Waals surface area contributed by atoms with Crippen molar-refractivity contribution in [1.29, 1.82) is 0 Å². The highest BCUT2D eigenvalue weighted by molar-refractivity contribution is 6.07. The summed E-state index contributed by atoms with van der Waals surface area (Å²) < 4.78 is 37.0. The highest BCUT2D eigenvalue weighted by atomic mass is 19.4. The number of aromatic nitrogens is 2. The van der Waals surface area contributed by atoms with Crippen LogP contribution in [0.2, 0.25) is 0 Å². The quantitative estimate of drug-likeness (QED) is 0.772. The molecule has 0 saturated heterocycles. The van der Waals surface area contributed by atoms with Crippen LogP contribution >= 0.6 is 0 Å². The minimum absolute atomic E-state index is 0.143. The number of benzene rings is 1. The molecule has 0 unspecified atom stereocenters. The summed E-state index contributed by atoms with van der Waals surface area (Å²) in [6, 6.07) is 5.41. The second-order valence-electron chi connectivity index (χ2n) is 3.50. The summed E-state index contributed by atoms with van der Waals surface area (Å²) in [6.07, 6.45) is -1.81. The standard InChI is InChI=1S/C12H7F3N2O/c13-12(14,15)9-3-1-8(2-4-9)11(18)10-5-6-16-7-17-10/h1-7H. The van der Waals surface area contributed by atoms with Gasteiger partial charge in [0, 0.05) is 11.8 Å². The van der Waals surface area contributed by atoms with Crippen LogP contribution in [0.5, 0.6) is 0 Å². The van der Waals surface area contributed by atoms with Gasteiger partial charge in [-0.2, -0.15) is 13.2 Å². The van der Waals surface area contributed by atoms with E-state index in [-0.39, 0.29) is 11.3 Å². The fourth-order valence-corrected chi connectivity index (χ4v) is 1.38. The first-order valence-corrected chi connectivity index (χ1v) is 4.96. The largest absolute Gasteiger partial charge is 0.416 e. The zero-order valence-electron chi connectivity index (χ0n) is 8.98. The number of rotatable bonds is 2. The van der Waals surface area contributed by atoms with E-state index in [1.165, 1.54) is 18.6 Å². The van der Waals surface area contributed by atoms with Crippen LogP contribution in [0, 0.1) is 0 Å². The van der Waals surface area contributed by atoms with Crippen molar-refractivity contribution in [2.45, 2.75) is 6.18 Å². The van der Waals surface area contributed by atoms with Crippen LogP contribution < -0.4 is 0 Å². The molecule has 0 saturated carbocycles. The van der Waals surface area contributed by atoms with Crippen molar-refractivity contribution >= 4 is 5.78 Å². The summed E-state index contributed by atoms with van der Waals surface area (Å²) in [5, 5.41) is 0. The molecule has 0 atom stereocenters. The van der Waals surface area contributed by atoms with Crippen molar-refractivity contribution in [1.82, 2.24) is 9.97 Å². The molecule has 18 heavy (non-hydrogen) atoms. The van der Waals surface area contributed by atoms with Crippen molar-refractivity contribution in [3.05, 3.63) is 59.7 Å². The molecule has 2 rings (SSSR count). The van der Waals surface area contributed by atoms with E-state index in [4.69, 9.17) is 0 Å². The molecule has 92 valence electrons. The fourth-order valence-electron chi connectivity index (χ4n) is 1.38. The van der Waals surface area contributed by atoms with Gasteiger partial charge in [-0.1, -0.05) is 12.1 Å². The summed E-state index contributed by atoms with van der Waals surface area (Å²) in [7, 11) is 0. The van der Waals surface area contributed by atoms with Gasteiger partial charge in [-0.15, -0.1) is 0 Å². The number of carbonyl (C=O) groups excluding carboxylic acids is 1. The van der Waals surface area contributed by atoms with Gasteiger partial charge in [0.2, 0.25) is 5.78 Å². The number of nitrogens with zero attached hydrogens (tertiary/aromatic N) is 2. The third-order valence-corrected chi connectivity index (χ3v) is 2.29. The van der Waals surface area contributed by atoms with E-state index >= 15 is 0 Å². The second-order valence-corrected chi connectivity index (χ2v) is 3.50. The van der Waals surface area contributed by atoms with Crippen LogP contribution in [-0.2, 0) is 6.18 Å². The zero-order valence-corrected chi connectivity index (χ0v) is 8.98. The first-order valence-electron chi connectivity index (χ1n) is 4.96. The highest BCUT2D eigenvalue weighted by Crippen LogP contribution is 2.29. The molecule has 0 N–H and O–H groups in total. The van der Waals surface area contributed by atoms with Gasteiger partial charge in [0.05, 0.1) is 5.56 Å². The van der Waals surface area contributed by atoms with E-state index in [1.807, 2.05) is 0 Å². The summed E-state index contributed by atoms with van der Waals surface area (Å²) in [5.41, 5.74) is -0.492. The molecule has 3 nitrogen and oxygen atoms in total. The number of carbonyl (C=O) groups is 1. The van der Waals surface area contributed by atoms with Crippen molar-refractivity contribution in [3.63, 3.8) is 0 Å². The monoisotopic (exact) mass is 252 g/mol. The van der Waals surface area contributed by atoms with Gasteiger partial charge in [-0.25, -0.2) is 9.97 Å². The SMILES string of the molecule is O=C(c1ccc(C(F)(F)F)cc1)c1ccncn1. The van der Waals surface area contributed by atoms with E-state index in [0.717, 1.165) is 24.3 Å². The molecule has 0 aliphatic heterocycles. The van der Waals surface area contributed by atoms with Crippen LogP contribution in [0.4, 0.5) is 13.2 Å². The Morgan fingerprint density at radius 3 is 2.22 bits per heavy atom. The van der Waals surface area contributed by atoms with Gasteiger partial charge in [0.15, 0.2) is 0 Å². The number of alkyl halides is 3. The zero-order chi connectivity index (χ0) is 13.2. The van der Waals surface area contributed by atoms with Gasteiger partial charge in [-0.05, 0) is 18.2 Å². The first kappa shape index (κ1) is 12.2. The predicted octanol–water partition coefficient (Wildman–Crippen LogP) is 2.73. The minimum Gasteiger partial charge on any atom is -0.287 e. The van der Waals surface area contributed by atoms with Crippen molar-refractivity contribution in [2.24, 2.45) is 0 Å². The van der Waals surface area contributed by atoms with Crippen LogP contribution in [-0.4, -0.2) is 15.8 Å². The smallest absolute Gasteiger partial charge is 0.287 e. The van der Waals surface area contributed by atoms with E-state index in [0.29, 0.717) is 0 Å². The Morgan fingerprint density at radius 1 is 1.06 bits per heavy atom. The lowest BCUT2D eigenvalue weighted by Crippen LogP contribution is -2.07. The van der Waals surface area contributed by atoms with E-state index < -0.39 is 17.5 Å². The summed E-state index contributed by atoms with van der Waals surface area (Å²) in [5.74, 6) is -0.439. The number of halogens is 3. The third-order valence-electron chi connectivity index (χ3n) is 2.29. The van der Waals surface area contributed by atoms with Crippen LogP contribution in [0.15, 0.2) is 42.9 Å². The first-order chi connectivity index (χ1) is 8.48. The number of hydrogen-bond donors (Lipinski definition) is 0. The van der Waals surface area contributed by atoms with Gasteiger partial charge >= 0.3 is 6.18 Å². The third kappa shape index (κ3) is 2.53. The average Bonchev–Trinajstić information content (AvgIpc) is 2.38. The molecule has 2 aromatic rings. The second kappa shape index (κ2) is 4.56. The van der Waals surface area contributed by atoms with Crippen molar-refractivity contribution in [2.75, 3.05) is 0 Å². The minimum atomic E-state index is -4.41. The lowest BCUT2D eigenvalue weighted by Gasteiger charge is -2.06. The molecular weight excluding hydrogens is 245 g/mol. The Morgan fingerprint density at radius 2 is 1.72 bits per heavy atom. The highest BCUT2D eigenvalue weighted by Gasteiger charge is 2.30. The molecule has 0 amide bonds. The maximum Gasteiger partial charge on any atom is 0.416 e. The van der Waals surface area contributed by atoms with Crippen molar-refractivity contribution < 1.29 is 18.0 Å². The Kier molecular flexibility index (Phi) is 3.10. The Bertz CT molecular complexity index is 550. The van der Waals surface area contributed by atoms with Crippen LogP contribution in [0.25, 0.3) is 0 Å². The van der Waals surface area contributed by atoms with Gasteiger partial charge in [0.25, 0.3) is 0 Å². The fraction of sp³-hybridized carbons (Fsp3) is 0.0833. The summed E-state index contributed by atoms with van der Waals surface area (Å²) in [4.78, 5) is 19.2. The predicted molar refractivity (Wildman–Crippen MR) is 56.9 cm³/mol.